The van der Waals surface area contributed by atoms with E-state index < -0.39 is 10.0 Å². The molecular formula is C17H25NO3S. The molecule has 22 heavy (non-hydrogen) atoms. The normalized spacial score (nSPS) is 19.5. The van der Waals surface area contributed by atoms with Crippen LogP contribution in [0.3, 0.4) is 0 Å². The van der Waals surface area contributed by atoms with Crippen molar-refractivity contribution in [3.8, 4) is 0 Å². The minimum Gasteiger partial charge on any atom is -0.303 e. The average Bonchev–Trinajstić information content (AvgIpc) is 2.53. The molecule has 2 atom stereocenters. The molecule has 0 aliphatic heterocycles. The Morgan fingerprint density at radius 2 is 1.73 bits per heavy atom. The maximum Gasteiger partial charge on any atom is 0.240 e. The summed E-state index contributed by atoms with van der Waals surface area (Å²) in [4.78, 5) is 11.5. The van der Waals surface area contributed by atoms with Crippen molar-refractivity contribution in [2.45, 2.75) is 56.9 Å². The van der Waals surface area contributed by atoms with Gasteiger partial charge in [0.15, 0.2) is 0 Å². The highest BCUT2D eigenvalue weighted by Gasteiger charge is 2.32. The van der Waals surface area contributed by atoms with Crippen LogP contribution in [0.25, 0.3) is 0 Å². The van der Waals surface area contributed by atoms with E-state index >= 15 is 0 Å². The smallest absolute Gasteiger partial charge is 0.240 e. The van der Waals surface area contributed by atoms with Crippen LogP contribution in [0.15, 0.2) is 29.2 Å². The lowest BCUT2D eigenvalue weighted by Crippen LogP contribution is -2.45. The van der Waals surface area contributed by atoms with Gasteiger partial charge >= 0.3 is 0 Å². The lowest BCUT2D eigenvalue weighted by molar-refractivity contribution is -0.111. The van der Waals surface area contributed by atoms with Crippen molar-refractivity contribution in [2.75, 3.05) is 0 Å². The first kappa shape index (κ1) is 17.2. The Morgan fingerprint density at radius 3 is 2.27 bits per heavy atom. The Kier molecular flexibility index (Phi) is 5.75. The lowest BCUT2D eigenvalue weighted by atomic mass is 9.80. The number of sulfonamides is 1. The summed E-state index contributed by atoms with van der Waals surface area (Å²) >= 11 is 0. The Labute approximate surface area is 133 Å². The van der Waals surface area contributed by atoms with Crippen molar-refractivity contribution in [3.63, 3.8) is 0 Å². The molecule has 1 fully saturated rings. The fourth-order valence-corrected chi connectivity index (χ4v) is 4.57. The van der Waals surface area contributed by atoms with Crippen LogP contribution in [-0.2, 0) is 14.8 Å². The summed E-state index contributed by atoms with van der Waals surface area (Å²) in [6.07, 6.45) is 6.25. The van der Waals surface area contributed by atoms with E-state index in [2.05, 4.69) is 4.72 Å². The molecule has 0 unspecified atom stereocenters. The minimum atomic E-state index is -3.59. The second-order valence-corrected chi connectivity index (χ2v) is 8.07. The van der Waals surface area contributed by atoms with Gasteiger partial charge in [0.05, 0.1) is 4.90 Å². The third-order valence-electron chi connectivity index (χ3n) is 4.56. The topological polar surface area (TPSA) is 63.2 Å². The highest BCUT2D eigenvalue weighted by atomic mass is 32.2. The Morgan fingerprint density at radius 1 is 1.14 bits per heavy atom. The van der Waals surface area contributed by atoms with Crippen molar-refractivity contribution >= 4 is 16.3 Å². The maximum absolute atomic E-state index is 12.6. The second kappa shape index (κ2) is 7.38. The van der Waals surface area contributed by atoms with E-state index in [0.29, 0.717) is 0 Å². The zero-order valence-electron chi connectivity index (χ0n) is 13.3. The molecule has 1 aromatic rings. The third-order valence-corrected chi connectivity index (χ3v) is 6.04. The van der Waals surface area contributed by atoms with Gasteiger partial charge in [0.1, 0.15) is 6.29 Å². The molecule has 0 saturated heterocycles. The summed E-state index contributed by atoms with van der Waals surface area (Å²) in [6, 6.07) is 6.48. The first-order valence-electron chi connectivity index (χ1n) is 7.98. The van der Waals surface area contributed by atoms with Gasteiger partial charge in [-0.1, -0.05) is 43.9 Å². The molecule has 1 aliphatic rings. The molecule has 122 valence electrons. The summed E-state index contributed by atoms with van der Waals surface area (Å²) in [5.41, 5.74) is 1.02. The number of aldehydes is 1. The molecule has 0 amide bonds. The summed E-state index contributed by atoms with van der Waals surface area (Å²) in [7, 11) is -3.59. The second-order valence-electron chi connectivity index (χ2n) is 6.35. The van der Waals surface area contributed by atoms with Crippen LogP contribution in [0.2, 0.25) is 0 Å². The first-order valence-corrected chi connectivity index (χ1v) is 9.46. The van der Waals surface area contributed by atoms with Gasteiger partial charge in [-0.25, -0.2) is 13.1 Å². The first-order chi connectivity index (χ1) is 10.4. The number of nitrogens with one attached hydrogen (secondary N) is 1. The van der Waals surface area contributed by atoms with Crippen molar-refractivity contribution in [1.82, 2.24) is 4.72 Å². The number of benzene rings is 1. The monoisotopic (exact) mass is 323 g/mol. The van der Waals surface area contributed by atoms with Gasteiger partial charge in [0.2, 0.25) is 10.0 Å². The highest BCUT2D eigenvalue weighted by molar-refractivity contribution is 7.89. The molecule has 1 aliphatic carbocycles. The number of carbonyl (C=O) groups excluding carboxylic acids is 1. The highest BCUT2D eigenvalue weighted by Crippen LogP contribution is 2.30. The van der Waals surface area contributed by atoms with Crippen LogP contribution in [0.1, 0.15) is 44.6 Å². The van der Waals surface area contributed by atoms with Gasteiger partial charge in [-0.2, -0.15) is 0 Å². The zero-order valence-corrected chi connectivity index (χ0v) is 14.1. The predicted molar refractivity (Wildman–Crippen MR) is 87.1 cm³/mol. The number of hydrogen-bond acceptors (Lipinski definition) is 3. The van der Waals surface area contributed by atoms with E-state index in [9.17, 15) is 13.2 Å². The maximum atomic E-state index is 12.6. The fourth-order valence-electron chi connectivity index (χ4n) is 3.18. The van der Waals surface area contributed by atoms with Crippen LogP contribution in [-0.4, -0.2) is 20.7 Å². The summed E-state index contributed by atoms with van der Waals surface area (Å²) in [5.74, 6) is -0.0718. The van der Waals surface area contributed by atoms with Crippen molar-refractivity contribution in [2.24, 2.45) is 11.8 Å². The third kappa shape index (κ3) is 4.17. The number of carbonyl (C=O) groups is 1. The van der Waals surface area contributed by atoms with Crippen molar-refractivity contribution in [3.05, 3.63) is 29.8 Å². The van der Waals surface area contributed by atoms with Gasteiger partial charge in [-0.05, 0) is 37.8 Å². The standard InChI is InChI=1S/C17H25NO3S/c1-13-8-10-16(11-9-13)22(20,21)18-17(14(2)12-19)15-6-4-3-5-7-15/h8-12,14-15,17-18H,3-7H2,1-2H3/t14-,17-/m0/s1. The average molecular weight is 323 g/mol. The predicted octanol–water partition coefficient (Wildman–Crippen LogP) is 3.06. The van der Waals surface area contributed by atoms with Gasteiger partial charge in [-0.15, -0.1) is 0 Å². The summed E-state index contributed by atoms with van der Waals surface area (Å²) in [6.45, 7) is 3.72. The van der Waals surface area contributed by atoms with E-state index in [4.69, 9.17) is 0 Å². The molecule has 0 spiro atoms. The zero-order chi connectivity index (χ0) is 16.2. The van der Waals surface area contributed by atoms with Crippen LogP contribution >= 0.6 is 0 Å². The SMILES string of the molecule is Cc1ccc(S(=O)(=O)N[C@H](C2CCCCC2)[C@@H](C)C=O)cc1. The Bertz CT molecular complexity index is 589. The molecule has 0 radical (unpaired) electrons. The van der Waals surface area contributed by atoms with E-state index in [1.807, 2.05) is 6.92 Å². The Hall–Kier alpha value is -1.20. The largest absolute Gasteiger partial charge is 0.303 e. The van der Waals surface area contributed by atoms with E-state index in [-0.39, 0.29) is 22.8 Å². The van der Waals surface area contributed by atoms with Crippen LogP contribution in [0.4, 0.5) is 0 Å². The molecular weight excluding hydrogens is 298 g/mol. The molecule has 1 saturated carbocycles. The van der Waals surface area contributed by atoms with Gasteiger partial charge in [0.25, 0.3) is 0 Å². The number of rotatable bonds is 6. The van der Waals surface area contributed by atoms with Crippen molar-refractivity contribution in [1.29, 1.82) is 0 Å². The van der Waals surface area contributed by atoms with Gasteiger partial charge < -0.3 is 4.79 Å². The number of hydrogen-bond donors (Lipinski definition) is 1. The summed E-state index contributed by atoms with van der Waals surface area (Å²) in [5, 5.41) is 0. The van der Waals surface area contributed by atoms with E-state index in [0.717, 1.165) is 37.5 Å². The van der Waals surface area contributed by atoms with Crippen LogP contribution in [0.5, 0.6) is 0 Å². The molecule has 0 bridgehead atoms. The fraction of sp³-hybridized carbons (Fsp3) is 0.588. The quantitative estimate of drug-likeness (QED) is 0.818. The summed E-state index contributed by atoms with van der Waals surface area (Å²) < 4.78 is 28.0. The van der Waals surface area contributed by atoms with E-state index in [1.165, 1.54) is 6.42 Å². The minimum absolute atomic E-state index is 0.245. The lowest BCUT2D eigenvalue weighted by Gasteiger charge is -2.32. The molecule has 5 heteroatoms. The van der Waals surface area contributed by atoms with E-state index in [1.54, 1.807) is 31.2 Å². The molecule has 0 heterocycles. The van der Waals surface area contributed by atoms with Crippen molar-refractivity contribution < 1.29 is 13.2 Å². The molecule has 1 aromatic carbocycles. The van der Waals surface area contributed by atoms with Crippen LogP contribution < -0.4 is 4.72 Å². The Balaban J connectivity index is 2.21. The van der Waals surface area contributed by atoms with Gasteiger partial charge in [0, 0.05) is 12.0 Å². The molecule has 4 nitrogen and oxygen atoms in total. The molecule has 1 N–H and O–H groups in total. The number of aryl methyl sites for hydroxylation is 1. The molecule has 0 aromatic heterocycles. The van der Waals surface area contributed by atoms with Gasteiger partial charge in [-0.3, -0.25) is 0 Å². The van der Waals surface area contributed by atoms with Crippen LogP contribution in [0, 0.1) is 18.8 Å². The molecule has 2 rings (SSSR count).